The first-order valence-corrected chi connectivity index (χ1v) is 21.0. The van der Waals surface area contributed by atoms with Gasteiger partial charge in [0, 0.05) is 0 Å². The molecule has 1 unspecified atom stereocenters. The van der Waals surface area contributed by atoms with Crippen molar-refractivity contribution in [2.75, 3.05) is 0 Å². The van der Waals surface area contributed by atoms with E-state index in [0.717, 1.165) is 0 Å². The second kappa shape index (κ2) is 14.6. The summed E-state index contributed by atoms with van der Waals surface area (Å²) < 4.78 is 3.64. The molecule has 0 N–H and O–H groups in total. The Kier molecular flexibility index (Phi) is 11.1. The van der Waals surface area contributed by atoms with Gasteiger partial charge in [0.05, 0.1) is 0 Å². The molecule has 49 heavy (non-hydrogen) atoms. The van der Waals surface area contributed by atoms with Crippen LogP contribution in [-0.2, 0) is 32.1 Å². The van der Waals surface area contributed by atoms with Crippen LogP contribution in [0.5, 0.6) is 0 Å². The minimum Gasteiger partial charge on any atom is -1.00 e. The summed E-state index contributed by atoms with van der Waals surface area (Å²) in [5, 5.41) is 0. The first kappa shape index (κ1) is 37.2. The van der Waals surface area contributed by atoms with E-state index in [1.54, 1.807) is 17.6 Å². The van der Waals surface area contributed by atoms with Crippen LogP contribution in [0.3, 0.4) is 0 Å². The van der Waals surface area contributed by atoms with Crippen LogP contribution in [-0.4, -0.2) is 3.21 Å². The molecule has 0 aliphatic heterocycles. The zero-order chi connectivity index (χ0) is 32.9. The quantitative estimate of drug-likeness (QED) is 0.211. The van der Waals surface area contributed by atoms with Gasteiger partial charge in [0.2, 0.25) is 0 Å². The summed E-state index contributed by atoms with van der Waals surface area (Å²) in [4.78, 5) is 0. The van der Waals surface area contributed by atoms with Gasteiger partial charge in [-0.15, -0.1) is 0 Å². The van der Waals surface area contributed by atoms with Gasteiger partial charge in [-0.05, 0) is 0 Å². The van der Waals surface area contributed by atoms with Gasteiger partial charge in [0.1, 0.15) is 0 Å². The van der Waals surface area contributed by atoms with Crippen molar-refractivity contribution in [2.24, 2.45) is 5.92 Å². The monoisotopic (exact) mass is 758 g/mol. The third-order valence-electron chi connectivity index (χ3n) is 10.1. The molecule has 0 fully saturated rings. The van der Waals surface area contributed by atoms with Crippen LogP contribution in [0.2, 0.25) is 0 Å². The third kappa shape index (κ3) is 7.24. The van der Waals surface area contributed by atoms with Crippen LogP contribution < -0.4 is 24.8 Å². The Hall–Kier alpha value is -3.09. The molecule has 1 atom stereocenters. The molecular formula is C46H46Cl2Zr. The smallest absolute Gasteiger partial charge is 1.00 e. The van der Waals surface area contributed by atoms with Gasteiger partial charge in [0.25, 0.3) is 0 Å². The van der Waals surface area contributed by atoms with Crippen molar-refractivity contribution in [3.05, 3.63) is 182 Å². The van der Waals surface area contributed by atoms with E-state index >= 15 is 0 Å². The minimum absolute atomic E-state index is 0. The number of halogens is 2. The fraction of sp³-hybridized carbons (Fsp3) is 0.239. The number of rotatable bonds is 5. The van der Waals surface area contributed by atoms with Gasteiger partial charge in [-0.1, -0.05) is 0 Å². The molecule has 5 aromatic carbocycles. The van der Waals surface area contributed by atoms with Crippen molar-refractivity contribution in [2.45, 2.75) is 62.9 Å². The molecule has 0 heterocycles. The Balaban J connectivity index is 0.00000234. The van der Waals surface area contributed by atoms with E-state index in [0.29, 0.717) is 9.54 Å². The Bertz CT molecular complexity index is 1940. The van der Waals surface area contributed by atoms with E-state index < -0.39 is 21.3 Å². The molecular weight excluding hydrogens is 715 g/mol. The second-order valence-electron chi connectivity index (χ2n) is 15.4. The van der Waals surface area contributed by atoms with Gasteiger partial charge in [-0.2, -0.15) is 0 Å². The van der Waals surface area contributed by atoms with Crippen molar-refractivity contribution in [3.63, 3.8) is 0 Å². The largest absolute Gasteiger partial charge is 1.00 e. The van der Waals surface area contributed by atoms with Crippen LogP contribution in [0.1, 0.15) is 91.0 Å². The van der Waals surface area contributed by atoms with Crippen LogP contribution in [0.25, 0.3) is 16.7 Å². The fourth-order valence-electron chi connectivity index (χ4n) is 7.49. The normalized spacial score (nSPS) is 15.1. The average Bonchev–Trinajstić information content (AvgIpc) is 3.61. The number of benzene rings is 5. The molecule has 0 aromatic heterocycles. The Morgan fingerprint density at radius 1 is 0.551 bits per heavy atom. The zero-order valence-electron chi connectivity index (χ0n) is 29.7. The molecule has 0 nitrogen and oxygen atoms in total. The van der Waals surface area contributed by atoms with E-state index in [4.69, 9.17) is 0 Å². The average molecular weight is 761 g/mol. The molecule has 0 saturated heterocycles. The molecule has 2 aliphatic carbocycles. The molecule has 2 aliphatic rings. The molecule has 0 saturated carbocycles. The Morgan fingerprint density at radius 2 is 0.980 bits per heavy atom. The summed E-state index contributed by atoms with van der Waals surface area (Å²) in [6.45, 7) is 16.6. The summed E-state index contributed by atoms with van der Waals surface area (Å²) in [5.74, 6) is 0.381. The fourth-order valence-corrected chi connectivity index (χ4v) is 17.0. The molecule has 5 aromatic rings. The summed E-state index contributed by atoms with van der Waals surface area (Å²) in [5.41, 5.74) is 14.4. The SMILES string of the molecule is CC1C=C(c2ccccc2)C=[C]1[Zr+2](=[C](c1ccccc1)c1ccccc1)[CH]1c2cc(C(C)(C)C)ccc2-c2ccc(C(C)(C)C)cc21.[Cl-].[Cl-]. The van der Waals surface area contributed by atoms with Crippen molar-refractivity contribution in [1.82, 2.24) is 0 Å². The molecule has 0 amide bonds. The molecule has 3 heteroatoms. The molecule has 248 valence electrons. The maximum atomic E-state index is 2.61. The number of hydrogen-bond acceptors (Lipinski definition) is 0. The predicted octanol–water partition coefficient (Wildman–Crippen LogP) is 5.86. The van der Waals surface area contributed by atoms with Crippen molar-refractivity contribution >= 4 is 8.78 Å². The van der Waals surface area contributed by atoms with Crippen LogP contribution in [0.15, 0.2) is 143 Å². The zero-order valence-corrected chi connectivity index (χ0v) is 33.7. The van der Waals surface area contributed by atoms with E-state index in [1.807, 2.05) is 0 Å². The maximum absolute atomic E-state index is 2.92. The molecule has 0 radical (unpaired) electrons. The Labute approximate surface area is 314 Å². The van der Waals surface area contributed by atoms with E-state index in [-0.39, 0.29) is 35.6 Å². The number of hydrogen-bond donors (Lipinski definition) is 0. The van der Waals surface area contributed by atoms with Gasteiger partial charge in [0.15, 0.2) is 0 Å². The summed E-state index contributed by atoms with van der Waals surface area (Å²) in [6.07, 6.45) is 5.15. The molecule has 0 spiro atoms. The Morgan fingerprint density at radius 3 is 1.41 bits per heavy atom. The van der Waals surface area contributed by atoms with Crippen LogP contribution in [0.4, 0.5) is 0 Å². The second-order valence-corrected chi connectivity index (χ2v) is 21.5. The summed E-state index contributed by atoms with van der Waals surface area (Å²) in [6, 6.07) is 48.5. The van der Waals surface area contributed by atoms with Gasteiger partial charge in [-0.25, -0.2) is 0 Å². The maximum Gasteiger partial charge on any atom is -1.00 e. The van der Waals surface area contributed by atoms with E-state index in [9.17, 15) is 0 Å². The first-order valence-electron chi connectivity index (χ1n) is 17.1. The van der Waals surface area contributed by atoms with Crippen molar-refractivity contribution in [3.8, 4) is 11.1 Å². The van der Waals surface area contributed by atoms with Crippen molar-refractivity contribution < 1.29 is 46.1 Å². The molecule has 0 bridgehead atoms. The van der Waals surface area contributed by atoms with E-state index in [2.05, 4.69) is 188 Å². The summed E-state index contributed by atoms with van der Waals surface area (Å²) in [7, 11) is 0. The number of allylic oxidation sites excluding steroid dienone is 4. The third-order valence-corrected chi connectivity index (χ3v) is 18.8. The predicted molar refractivity (Wildman–Crippen MR) is 199 cm³/mol. The van der Waals surface area contributed by atoms with Gasteiger partial charge in [-0.3, -0.25) is 0 Å². The van der Waals surface area contributed by atoms with Gasteiger partial charge >= 0.3 is 292 Å². The van der Waals surface area contributed by atoms with E-state index in [1.165, 1.54) is 44.5 Å². The summed E-state index contributed by atoms with van der Waals surface area (Å²) >= 11 is -2.92. The first-order chi connectivity index (χ1) is 22.5. The standard InChI is InChI=1S/C21H25.C13H10.C12H11.2ClH.Zr/c1-20(2,3)16-7-9-18-14(12-16)11-15-13-17(21(4,5)6)8-10-19(15)18;1-3-7-12(8-4-1)11-13-9-5-2-6-10-13;1-10-7-8-12(9-10)11-5-3-2-4-6-11;;;/h7-13H,1-6H3;1-10H;2-6,8-10H,1H3;2*1H;/q;;;;;+2/p-2. The van der Waals surface area contributed by atoms with Crippen molar-refractivity contribution in [1.29, 1.82) is 0 Å². The minimum atomic E-state index is -2.92. The topological polar surface area (TPSA) is 0 Å². The molecule has 7 rings (SSSR count). The van der Waals surface area contributed by atoms with Gasteiger partial charge < -0.3 is 24.8 Å². The van der Waals surface area contributed by atoms with Crippen LogP contribution >= 0.6 is 0 Å². The number of fused-ring (bicyclic) bond motifs is 3. The van der Waals surface area contributed by atoms with Crippen LogP contribution in [0, 0.1) is 5.92 Å².